The average molecular weight is 549 g/mol. The summed E-state index contributed by atoms with van der Waals surface area (Å²) in [6, 6.07) is 25.9. The van der Waals surface area contributed by atoms with Gasteiger partial charge in [0.05, 0.1) is 19.8 Å². The monoisotopic (exact) mass is 548 g/mol. The van der Waals surface area contributed by atoms with Gasteiger partial charge in [0.15, 0.2) is 0 Å². The van der Waals surface area contributed by atoms with Gasteiger partial charge < -0.3 is 14.2 Å². The fraction of sp³-hybridized carbons (Fsp3) is 0.368. The van der Waals surface area contributed by atoms with Gasteiger partial charge in [-0.1, -0.05) is 121 Å². The van der Waals surface area contributed by atoms with E-state index in [4.69, 9.17) is 14.2 Å². The summed E-state index contributed by atoms with van der Waals surface area (Å²) in [7, 11) is 0. The van der Waals surface area contributed by atoms with Gasteiger partial charge in [0.25, 0.3) is 0 Å². The van der Waals surface area contributed by atoms with Crippen molar-refractivity contribution < 1.29 is 14.2 Å². The molecule has 3 heteroatoms. The highest BCUT2D eigenvalue weighted by atomic mass is 16.5. The molecule has 5 rings (SSSR count). The summed E-state index contributed by atoms with van der Waals surface area (Å²) in [4.78, 5) is 0. The molecule has 3 nitrogen and oxygen atoms in total. The number of rotatable bonds is 11. The fourth-order valence-electron chi connectivity index (χ4n) is 5.61. The van der Waals surface area contributed by atoms with Crippen LogP contribution in [0.15, 0.2) is 72.8 Å². The fourth-order valence-corrected chi connectivity index (χ4v) is 5.61. The Morgan fingerprint density at radius 1 is 0.439 bits per heavy atom. The highest BCUT2D eigenvalue weighted by Gasteiger charge is 2.26. The van der Waals surface area contributed by atoms with Gasteiger partial charge in [-0.2, -0.15) is 0 Å². The molecule has 41 heavy (non-hydrogen) atoms. The lowest BCUT2D eigenvalue weighted by Gasteiger charge is -2.26. The van der Waals surface area contributed by atoms with Crippen molar-refractivity contribution in [2.24, 2.45) is 17.8 Å². The summed E-state index contributed by atoms with van der Waals surface area (Å²) in [5.74, 6) is 4.09. The normalized spacial score (nSPS) is 11.9. The van der Waals surface area contributed by atoms with Crippen molar-refractivity contribution in [2.45, 2.75) is 54.9 Å². The van der Waals surface area contributed by atoms with E-state index in [1.807, 2.05) is 0 Å². The third-order valence-electron chi connectivity index (χ3n) is 7.39. The highest BCUT2D eigenvalue weighted by Crippen LogP contribution is 2.52. The van der Waals surface area contributed by atoms with Crippen molar-refractivity contribution in [3.63, 3.8) is 0 Å². The molecule has 0 aliphatic carbocycles. The first-order valence-electron chi connectivity index (χ1n) is 15.2. The first-order chi connectivity index (χ1) is 19.8. The molecule has 0 radical (unpaired) electrons. The van der Waals surface area contributed by atoms with Crippen LogP contribution in [0, 0.1) is 17.8 Å². The van der Waals surface area contributed by atoms with E-state index < -0.39 is 0 Å². The predicted molar refractivity (Wildman–Crippen MR) is 175 cm³/mol. The maximum absolute atomic E-state index is 6.81. The Labute approximate surface area is 245 Å². The van der Waals surface area contributed by atoms with E-state index >= 15 is 0 Å². The standard InChI is InChI=1S/C38H44O3/c1-8-27-35(38(41-23-26(6)7)33-20-14-13-19-32(33)36(27)39-21-24(2)3)34-28-15-9-11-17-30(28)37(40-22-25(4)5)31-18-12-10-16-29(31)34/h9-20,24-26H,8,21-23H2,1-7H3. The van der Waals surface area contributed by atoms with Crippen LogP contribution < -0.4 is 14.2 Å². The Morgan fingerprint density at radius 3 is 1.20 bits per heavy atom. The topological polar surface area (TPSA) is 27.7 Å². The minimum Gasteiger partial charge on any atom is -0.492 e. The molecule has 0 atom stereocenters. The van der Waals surface area contributed by atoms with Crippen molar-refractivity contribution in [3.8, 4) is 28.4 Å². The van der Waals surface area contributed by atoms with Crippen LogP contribution in [0.25, 0.3) is 43.4 Å². The molecule has 0 heterocycles. The zero-order chi connectivity index (χ0) is 29.1. The minimum absolute atomic E-state index is 0.392. The Morgan fingerprint density at radius 2 is 0.780 bits per heavy atom. The predicted octanol–water partition coefficient (Wildman–Crippen LogP) is 10.5. The molecule has 0 N–H and O–H groups in total. The van der Waals surface area contributed by atoms with E-state index in [9.17, 15) is 0 Å². The second-order valence-corrected chi connectivity index (χ2v) is 12.3. The lowest BCUT2D eigenvalue weighted by atomic mass is 9.85. The summed E-state index contributed by atoms with van der Waals surface area (Å²) in [6.45, 7) is 17.4. The molecule has 0 amide bonds. The van der Waals surface area contributed by atoms with Crippen molar-refractivity contribution in [1.29, 1.82) is 0 Å². The van der Waals surface area contributed by atoms with Crippen LogP contribution in [0.3, 0.4) is 0 Å². The largest absolute Gasteiger partial charge is 0.492 e. The number of ether oxygens (including phenoxy) is 3. The van der Waals surface area contributed by atoms with Crippen molar-refractivity contribution >= 4 is 32.3 Å². The first kappa shape index (κ1) is 28.8. The molecule has 214 valence electrons. The summed E-state index contributed by atoms with van der Waals surface area (Å²) >= 11 is 0. The van der Waals surface area contributed by atoms with Gasteiger partial charge in [0.2, 0.25) is 0 Å². The molecule has 0 saturated carbocycles. The highest BCUT2D eigenvalue weighted by molar-refractivity contribution is 6.19. The zero-order valence-electron chi connectivity index (χ0n) is 25.7. The summed E-state index contributed by atoms with van der Waals surface area (Å²) in [5.41, 5.74) is 3.51. The zero-order valence-corrected chi connectivity index (χ0v) is 25.7. The quantitative estimate of drug-likeness (QED) is 0.154. The lowest BCUT2D eigenvalue weighted by molar-refractivity contribution is 0.267. The molecule has 5 aromatic rings. The van der Waals surface area contributed by atoms with Gasteiger partial charge in [0, 0.05) is 38.2 Å². The molecule has 0 spiro atoms. The Bertz CT molecular complexity index is 1610. The Balaban J connectivity index is 1.96. The minimum atomic E-state index is 0.392. The number of benzene rings is 5. The van der Waals surface area contributed by atoms with Crippen LogP contribution in [0.5, 0.6) is 17.2 Å². The maximum atomic E-state index is 6.81. The van der Waals surface area contributed by atoms with Crippen LogP contribution in [-0.2, 0) is 6.42 Å². The molecule has 0 aromatic heterocycles. The maximum Gasteiger partial charge on any atom is 0.135 e. The second-order valence-electron chi connectivity index (χ2n) is 12.3. The van der Waals surface area contributed by atoms with Crippen LogP contribution in [0.1, 0.15) is 54.0 Å². The van der Waals surface area contributed by atoms with Crippen LogP contribution in [-0.4, -0.2) is 19.8 Å². The van der Waals surface area contributed by atoms with E-state index in [1.165, 1.54) is 21.9 Å². The van der Waals surface area contributed by atoms with Gasteiger partial charge in [-0.15, -0.1) is 0 Å². The van der Waals surface area contributed by atoms with E-state index in [-0.39, 0.29) is 0 Å². The molecule has 0 aliphatic heterocycles. The van der Waals surface area contributed by atoms with Crippen LogP contribution >= 0.6 is 0 Å². The number of hydrogen-bond acceptors (Lipinski definition) is 3. The summed E-state index contributed by atoms with van der Waals surface area (Å²) < 4.78 is 20.0. The average Bonchev–Trinajstić information content (AvgIpc) is 2.96. The summed E-state index contributed by atoms with van der Waals surface area (Å²) in [5, 5.41) is 6.77. The van der Waals surface area contributed by atoms with E-state index in [0.29, 0.717) is 37.6 Å². The smallest absolute Gasteiger partial charge is 0.135 e. The number of fused-ring (bicyclic) bond motifs is 3. The van der Waals surface area contributed by atoms with Crippen LogP contribution in [0.4, 0.5) is 0 Å². The van der Waals surface area contributed by atoms with Crippen molar-refractivity contribution in [1.82, 2.24) is 0 Å². The number of hydrogen-bond donors (Lipinski definition) is 0. The van der Waals surface area contributed by atoms with Gasteiger partial charge in [-0.05, 0) is 34.9 Å². The molecule has 5 aromatic carbocycles. The Hall–Kier alpha value is -3.72. The Kier molecular flexibility index (Phi) is 8.73. The molecule has 0 fully saturated rings. The van der Waals surface area contributed by atoms with E-state index in [2.05, 4.69) is 121 Å². The first-order valence-corrected chi connectivity index (χ1v) is 15.2. The van der Waals surface area contributed by atoms with Gasteiger partial charge in [-0.25, -0.2) is 0 Å². The second kappa shape index (κ2) is 12.4. The van der Waals surface area contributed by atoms with Crippen molar-refractivity contribution in [2.75, 3.05) is 19.8 Å². The third-order valence-corrected chi connectivity index (χ3v) is 7.39. The van der Waals surface area contributed by atoms with Gasteiger partial charge in [-0.3, -0.25) is 0 Å². The molecular weight excluding hydrogens is 504 g/mol. The van der Waals surface area contributed by atoms with E-state index in [1.54, 1.807) is 0 Å². The van der Waals surface area contributed by atoms with Crippen molar-refractivity contribution in [3.05, 3.63) is 78.4 Å². The van der Waals surface area contributed by atoms with Gasteiger partial charge in [0.1, 0.15) is 17.2 Å². The third kappa shape index (κ3) is 5.73. The molecular formula is C38H44O3. The van der Waals surface area contributed by atoms with Gasteiger partial charge >= 0.3 is 0 Å². The lowest BCUT2D eigenvalue weighted by Crippen LogP contribution is -2.11. The SMILES string of the molecule is CCc1c(-c2c3ccccc3c(OCC(C)C)c3ccccc23)c(OCC(C)C)c2ccccc2c1OCC(C)C. The van der Waals surface area contributed by atoms with E-state index in [0.717, 1.165) is 50.8 Å². The molecule has 0 saturated heterocycles. The molecule has 0 unspecified atom stereocenters. The summed E-state index contributed by atoms with van der Waals surface area (Å²) in [6.07, 6.45) is 0.819. The molecule has 0 bridgehead atoms. The molecule has 0 aliphatic rings. The van der Waals surface area contributed by atoms with Crippen LogP contribution in [0.2, 0.25) is 0 Å².